The Kier molecular flexibility index (Phi) is 3.54. The summed E-state index contributed by atoms with van der Waals surface area (Å²) in [6.45, 7) is 1.72. The van der Waals surface area contributed by atoms with Gasteiger partial charge in [-0.2, -0.15) is 4.72 Å². The van der Waals surface area contributed by atoms with Gasteiger partial charge in [0.2, 0.25) is 10.0 Å². The summed E-state index contributed by atoms with van der Waals surface area (Å²) in [5, 5.41) is 2.98. The zero-order chi connectivity index (χ0) is 11.5. The molecule has 1 aromatic carbocycles. The highest BCUT2D eigenvalue weighted by Gasteiger charge is 2.07. The molecule has 0 aliphatic carbocycles. The van der Waals surface area contributed by atoms with E-state index >= 15 is 0 Å². The molecule has 0 bridgehead atoms. The second-order valence-electron chi connectivity index (χ2n) is 3.38. The van der Waals surface area contributed by atoms with Crippen molar-refractivity contribution in [3.05, 3.63) is 24.3 Å². The molecule has 0 fully saturated rings. The number of rotatable bonds is 4. The van der Waals surface area contributed by atoms with Gasteiger partial charge in [-0.3, -0.25) is 0 Å². The van der Waals surface area contributed by atoms with E-state index < -0.39 is 10.0 Å². The second-order valence-corrected chi connectivity index (χ2v) is 5.16. The zero-order valence-corrected chi connectivity index (χ0v) is 9.51. The molecule has 15 heavy (non-hydrogen) atoms. The van der Waals surface area contributed by atoms with Gasteiger partial charge >= 0.3 is 0 Å². The maximum absolute atomic E-state index is 10.9. The second kappa shape index (κ2) is 4.50. The quantitative estimate of drug-likeness (QED) is 0.521. The van der Waals surface area contributed by atoms with E-state index in [9.17, 15) is 8.42 Å². The highest BCUT2D eigenvalue weighted by atomic mass is 32.2. The Balaban J connectivity index is 2.59. The standard InChI is InChI=1S/C9H15N3O2S/c1-7(12-15(2,13)14)11-9-5-3-8(10)4-6-9/h3-7,11-12H,10H2,1-2H3. The molecular formula is C9H15N3O2S. The predicted octanol–water partition coefficient (Wildman–Crippen LogP) is 0.576. The third-order valence-electron chi connectivity index (χ3n) is 1.68. The van der Waals surface area contributed by atoms with Gasteiger partial charge in [0.05, 0.1) is 12.4 Å². The Morgan fingerprint density at radius 2 is 1.80 bits per heavy atom. The van der Waals surface area contributed by atoms with Crippen LogP contribution in [0.2, 0.25) is 0 Å². The van der Waals surface area contributed by atoms with Gasteiger partial charge in [-0.1, -0.05) is 0 Å². The molecule has 0 saturated heterocycles. The van der Waals surface area contributed by atoms with Crippen LogP contribution in [0, 0.1) is 0 Å². The van der Waals surface area contributed by atoms with Crippen LogP contribution in [-0.2, 0) is 10.0 Å². The molecule has 0 saturated carbocycles. The van der Waals surface area contributed by atoms with Gasteiger partial charge in [-0.15, -0.1) is 0 Å². The molecule has 0 amide bonds. The first-order valence-corrected chi connectivity index (χ1v) is 6.35. The van der Waals surface area contributed by atoms with Gasteiger partial charge in [-0.25, -0.2) is 8.42 Å². The van der Waals surface area contributed by atoms with Gasteiger partial charge in [0, 0.05) is 11.4 Å². The van der Waals surface area contributed by atoms with Crippen molar-refractivity contribution in [2.75, 3.05) is 17.3 Å². The van der Waals surface area contributed by atoms with Crippen LogP contribution < -0.4 is 15.8 Å². The number of benzene rings is 1. The van der Waals surface area contributed by atoms with Crippen molar-refractivity contribution >= 4 is 21.4 Å². The van der Waals surface area contributed by atoms with Crippen LogP contribution in [0.15, 0.2) is 24.3 Å². The van der Waals surface area contributed by atoms with Crippen LogP contribution in [0.3, 0.4) is 0 Å². The first kappa shape index (κ1) is 11.8. The van der Waals surface area contributed by atoms with Crippen LogP contribution in [0.25, 0.3) is 0 Å². The van der Waals surface area contributed by atoms with Gasteiger partial charge in [0.1, 0.15) is 0 Å². The molecule has 0 aliphatic rings. The first-order valence-electron chi connectivity index (χ1n) is 4.46. The van der Waals surface area contributed by atoms with E-state index in [4.69, 9.17) is 5.73 Å². The van der Waals surface area contributed by atoms with Gasteiger partial charge in [0.15, 0.2) is 0 Å². The maximum atomic E-state index is 10.9. The highest BCUT2D eigenvalue weighted by Crippen LogP contribution is 2.10. The Morgan fingerprint density at radius 1 is 1.27 bits per heavy atom. The van der Waals surface area contributed by atoms with E-state index in [1.165, 1.54) is 0 Å². The molecule has 5 nitrogen and oxygen atoms in total. The van der Waals surface area contributed by atoms with Crippen molar-refractivity contribution in [3.8, 4) is 0 Å². The molecule has 84 valence electrons. The molecular weight excluding hydrogens is 214 g/mol. The van der Waals surface area contributed by atoms with Crippen LogP contribution in [0.1, 0.15) is 6.92 Å². The molecule has 4 N–H and O–H groups in total. The van der Waals surface area contributed by atoms with Crippen molar-refractivity contribution in [1.29, 1.82) is 0 Å². The lowest BCUT2D eigenvalue weighted by Crippen LogP contribution is -2.37. The third kappa shape index (κ3) is 4.66. The van der Waals surface area contributed by atoms with E-state index in [1.807, 2.05) is 0 Å². The molecule has 0 aliphatic heterocycles. The SMILES string of the molecule is CC(Nc1ccc(N)cc1)NS(C)(=O)=O. The first-order chi connectivity index (χ1) is 6.87. The van der Waals surface area contributed by atoms with Crippen molar-refractivity contribution in [2.45, 2.75) is 13.1 Å². The predicted molar refractivity (Wildman–Crippen MR) is 61.9 cm³/mol. The summed E-state index contributed by atoms with van der Waals surface area (Å²) < 4.78 is 24.2. The Labute approximate surface area is 89.7 Å². The fourth-order valence-electron chi connectivity index (χ4n) is 1.18. The Morgan fingerprint density at radius 3 is 2.27 bits per heavy atom. The average molecular weight is 229 g/mol. The van der Waals surface area contributed by atoms with Crippen LogP contribution in [-0.4, -0.2) is 20.8 Å². The summed E-state index contributed by atoms with van der Waals surface area (Å²) in [6, 6.07) is 7.07. The summed E-state index contributed by atoms with van der Waals surface area (Å²) in [4.78, 5) is 0. The minimum atomic E-state index is -3.19. The Hall–Kier alpha value is -1.27. The molecule has 1 aromatic rings. The van der Waals surface area contributed by atoms with E-state index in [0.717, 1.165) is 11.9 Å². The van der Waals surface area contributed by atoms with Crippen LogP contribution >= 0.6 is 0 Å². The molecule has 1 unspecified atom stereocenters. The molecule has 1 rings (SSSR count). The van der Waals surface area contributed by atoms with Crippen molar-refractivity contribution < 1.29 is 8.42 Å². The van der Waals surface area contributed by atoms with Gasteiger partial charge < -0.3 is 11.1 Å². The number of nitrogens with two attached hydrogens (primary N) is 1. The fourth-order valence-corrected chi connectivity index (χ4v) is 1.88. The zero-order valence-electron chi connectivity index (χ0n) is 8.69. The summed E-state index contributed by atoms with van der Waals surface area (Å²) in [6.07, 6.45) is 0.761. The molecule has 1 atom stereocenters. The molecule has 0 spiro atoms. The molecule has 0 aromatic heterocycles. The lowest BCUT2D eigenvalue weighted by atomic mass is 10.3. The summed E-state index contributed by atoms with van der Waals surface area (Å²) in [5.74, 6) is 0. The van der Waals surface area contributed by atoms with E-state index in [2.05, 4.69) is 10.0 Å². The number of nitrogens with one attached hydrogen (secondary N) is 2. The fraction of sp³-hybridized carbons (Fsp3) is 0.333. The third-order valence-corrected chi connectivity index (χ3v) is 2.47. The van der Waals surface area contributed by atoms with E-state index in [0.29, 0.717) is 5.69 Å². The average Bonchev–Trinajstić information content (AvgIpc) is 2.05. The number of sulfonamides is 1. The summed E-state index contributed by atoms with van der Waals surface area (Å²) in [5.41, 5.74) is 7.00. The van der Waals surface area contributed by atoms with Crippen LogP contribution in [0.5, 0.6) is 0 Å². The highest BCUT2D eigenvalue weighted by molar-refractivity contribution is 7.88. The number of hydrogen-bond acceptors (Lipinski definition) is 4. The number of anilines is 2. The van der Waals surface area contributed by atoms with Crippen molar-refractivity contribution in [2.24, 2.45) is 0 Å². The summed E-state index contributed by atoms with van der Waals surface area (Å²) in [7, 11) is -3.19. The smallest absolute Gasteiger partial charge is 0.210 e. The van der Waals surface area contributed by atoms with Crippen molar-refractivity contribution in [1.82, 2.24) is 4.72 Å². The van der Waals surface area contributed by atoms with E-state index in [-0.39, 0.29) is 6.17 Å². The molecule has 0 heterocycles. The topological polar surface area (TPSA) is 84.2 Å². The molecule has 6 heteroatoms. The minimum Gasteiger partial charge on any atom is -0.399 e. The minimum absolute atomic E-state index is 0.358. The lowest BCUT2D eigenvalue weighted by Gasteiger charge is -2.15. The normalized spacial score (nSPS) is 13.5. The van der Waals surface area contributed by atoms with Gasteiger partial charge in [0.25, 0.3) is 0 Å². The van der Waals surface area contributed by atoms with Crippen LogP contribution in [0.4, 0.5) is 11.4 Å². The largest absolute Gasteiger partial charge is 0.399 e. The van der Waals surface area contributed by atoms with E-state index in [1.54, 1.807) is 31.2 Å². The number of nitrogen functional groups attached to an aromatic ring is 1. The number of hydrogen-bond donors (Lipinski definition) is 3. The lowest BCUT2D eigenvalue weighted by molar-refractivity contribution is 0.578. The summed E-state index contributed by atoms with van der Waals surface area (Å²) >= 11 is 0. The maximum Gasteiger partial charge on any atom is 0.210 e. The monoisotopic (exact) mass is 229 g/mol. The Bertz CT molecular complexity index is 413. The van der Waals surface area contributed by atoms with Gasteiger partial charge in [-0.05, 0) is 31.2 Å². The van der Waals surface area contributed by atoms with Crippen molar-refractivity contribution in [3.63, 3.8) is 0 Å². The molecule has 0 radical (unpaired) electrons.